The largest absolute Gasteiger partial charge is 0.357 e. The molecular weight excluding hydrogens is 602 g/mol. The fourth-order valence-corrected chi connectivity index (χ4v) is 6.03. The summed E-state index contributed by atoms with van der Waals surface area (Å²) in [6, 6.07) is 21.5. The van der Waals surface area contributed by atoms with Gasteiger partial charge in [-0.25, -0.2) is 8.42 Å². The van der Waals surface area contributed by atoms with Crippen LogP contribution in [0.3, 0.4) is 0 Å². The maximum Gasteiger partial charge on any atom is 0.242 e. The van der Waals surface area contributed by atoms with Crippen molar-refractivity contribution in [3.63, 3.8) is 0 Å². The quantitative estimate of drug-likeness (QED) is 0.291. The second-order valence-electron chi connectivity index (χ2n) is 9.29. The topological polar surface area (TPSA) is 86.8 Å². The summed E-state index contributed by atoms with van der Waals surface area (Å²) in [7, 11) is -2.07. The van der Waals surface area contributed by atoms with E-state index in [1.807, 2.05) is 54.6 Å². The molecule has 39 heavy (non-hydrogen) atoms. The van der Waals surface area contributed by atoms with Crippen molar-refractivity contribution in [2.24, 2.45) is 0 Å². The van der Waals surface area contributed by atoms with Crippen LogP contribution in [0.4, 0.5) is 5.69 Å². The van der Waals surface area contributed by atoms with Crippen molar-refractivity contribution in [3.8, 4) is 0 Å². The lowest BCUT2D eigenvalue weighted by atomic mass is 10.0. The summed E-state index contributed by atoms with van der Waals surface area (Å²) in [6.07, 6.45) is 1.80. The Balaban J connectivity index is 1.86. The van der Waals surface area contributed by atoms with Gasteiger partial charge in [-0.15, -0.1) is 0 Å². The third-order valence-electron chi connectivity index (χ3n) is 6.42. The number of benzene rings is 3. The van der Waals surface area contributed by atoms with E-state index in [1.165, 1.54) is 4.31 Å². The number of rotatable bonds is 12. The van der Waals surface area contributed by atoms with E-state index in [1.54, 1.807) is 37.1 Å². The second kappa shape index (κ2) is 14.0. The summed E-state index contributed by atoms with van der Waals surface area (Å²) in [5.74, 6) is -0.509. The molecule has 1 N–H and O–H groups in total. The molecule has 0 spiro atoms. The van der Waals surface area contributed by atoms with E-state index in [4.69, 9.17) is 11.6 Å². The summed E-state index contributed by atoms with van der Waals surface area (Å²) < 4.78 is 27.4. The molecule has 0 aliphatic carbocycles. The zero-order valence-corrected chi connectivity index (χ0v) is 25.4. The van der Waals surface area contributed by atoms with Crippen molar-refractivity contribution in [3.05, 3.63) is 99.0 Å². The Hall–Kier alpha value is -2.88. The Morgan fingerprint density at radius 3 is 2.31 bits per heavy atom. The molecule has 208 valence electrons. The number of hydrogen-bond acceptors (Lipinski definition) is 4. The summed E-state index contributed by atoms with van der Waals surface area (Å²) >= 11 is 9.72. The Labute approximate surface area is 244 Å². The summed E-state index contributed by atoms with van der Waals surface area (Å²) in [5.41, 5.74) is 2.93. The van der Waals surface area contributed by atoms with E-state index in [2.05, 4.69) is 21.2 Å². The first-order valence-corrected chi connectivity index (χ1v) is 15.6. The Kier molecular flexibility index (Phi) is 11.0. The second-order valence-corrected chi connectivity index (χ2v) is 12.5. The number of amides is 2. The molecular formula is C29H33BrClN3O4S. The average molecular weight is 635 g/mol. The van der Waals surface area contributed by atoms with Gasteiger partial charge in [0.25, 0.3) is 0 Å². The number of likely N-dealkylation sites (N-methyl/N-ethyl adjacent to an activating group) is 1. The number of carbonyl (C=O) groups excluding carboxylic acids is 2. The van der Waals surface area contributed by atoms with Crippen LogP contribution in [-0.4, -0.2) is 51.0 Å². The molecule has 0 saturated heterocycles. The number of anilines is 1. The van der Waals surface area contributed by atoms with Gasteiger partial charge in [-0.1, -0.05) is 76.1 Å². The fraction of sp³-hybridized carbons (Fsp3) is 0.310. The van der Waals surface area contributed by atoms with Crippen molar-refractivity contribution in [1.82, 2.24) is 10.2 Å². The predicted molar refractivity (Wildman–Crippen MR) is 160 cm³/mol. The lowest BCUT2D eigenvalue weighted by molar-refractivity contribution is -0.141. The smallest absolute Gasteiger partial charge is 0.242 e. The van der Waals surface area contributed by atoms with E-state index in [9.17, 15) is 18.0 Å². The normalized spacial score (nSPS) is 12.0. The molecule has 2 amide bonds. The molecule has 0 aliphatic heterocycles. The number of halogens is 2. The van der Waals surface area contributed by atoms with Gasteiger partial charge in [-0.3, -0.25) is 13.9 Å². The van der Waals surface area contributed by atoms with E-state index >= 15 is 0 Å². The van der Waals surface area contributed by atoms with Crippen LogP contribution in [0.1, 0.15) is 29.5 Å². The number of nitrogens with zero attached hydrogens (tertiary/aromatic N) is 2. The minimum absolute atomic E-state index is 0.0575. The van der Waals surface area contributed by atoms with Gasteiger partial charge in [0.15, 0.2) is 0 Å². The first-order chi connectivity index (χ1) is 18.5. The van der Waals surface area contributed by atoms with E-state index < -0.39 is 16.1 Å². The Morgan fingerprint density at radius 1 is 1.00 bits per heavy atom. The van der Waals surface area contributed by atoms with Gasteiger partial charge in [-0.05, 0) is 54.3 Å². The molecule has 10 heteroatoms. The van der Waals surface area contributed by atoms with Gasteiger partial charge in [0, 0.05) is 42.5 Å². The van der Waals surface area contributed by atoms with Crippen molar-refractivity contribution in [2.45, 2.75) is 38.8 Å². The molecule has 3 rings (SSSR count). The predicted octanol–water partition coefficient (Wildman–Crippen LogP) is 5.34. The lowest BCUT2D eigenvalue weighted by Crippen LogP contribution is -2.49. The van der Waals surface area contributed by atoms with Crippen molar-refractivity contribution < 1.29 is 18.0 Å². The Bertz CT molecular complexity index is 1400. The van der Waals surface area contributed by atoms with Crippen LogP contribution in [0.2, 0.25) is 5.02 Å². The van der Waals surface area contributed by atoms with Crippen molar-refractivity contribution in [1.29, 1.82) is 0 Å². The first kappa shape index (κ1) is 30.7. The molecule has 0 aliphatic rings. The highest BCUT2D eigenvalue weighted by Crippen LogP contribution is 2.28. The lowest BCUT2D eigenvalue weighted by Gasteiger charge is -2.32. The highest BCUT2D eigenvalue weighted by atomic mass is 79.9. The number of sulfonamides is 1. The summed E-state index contributed by atoms with van der Waals surface area (Å²) in [4.78, 5) is 28.4. The zero-order chi connectivity index (χ0) is 28.6. The van der Waals surface area contributed by atoms with Crippen LogP contribution in [0.5, 0.6) is 0 Å². The molecule has 0 bridgehead atoms. The molecule has 0 radical (unpaired) electrons. The van der Waals surface area contributed by atoms with E-state index in [-0.39, 0.29) is 37.7 Å². The molecule has 0 fully saturated rings. The SMILES string of the molecule is CNC(=O)C(Cc1ccccc1)N(Cc1cccc(Br)c1)C(=O)CCCN(c1cccc(Cl)c1C)S(C)(=O)=O. The van der Waals surface area contributed by atoms with Crippen LogP contribution in [0.15, 0.2) is 77.3 Å². The molecule has 0 heterocycles. The number of nitrogens with one attached hydrogen (secondary N) is 1. The monoisotopic (exact) mass is 633 g/mol. The van der Waals surface area contributed by atoms with Crippen LogP contribution in [0, 0.1) is 6.92 Å². The molecule has 3 aromatic carbocycles. The average Bonchev–Trinajstić information content (AvgIpc) is 2.90. The third kappa shape index (κ3) is 8.55. The number of carbonyl (C=O) groups is 2. The molecule has 1 unspecified atom stereocenters. The molecule has 3 aromatic rings. The third-order valence-corrected chi connectivity index (χ3v) is 8.50. The van der Waals surface area contributed by atoms with E-state index in [0.717, 1.165) is 21.9 Å². The molecule has 7 nitrogen and oxygen atoms in total. The van der Waals surface area contributed by atoms with Crippen LogP contribution in [-0.2, 0) is 32.6 Å². The van der Waals surface area contributed by atoms with Gasteiger partial charge in [-0.2, -0.15) is 0 Å². The van der Waals surface area contributed by atoms with Crippen LogP contribution < -0.4 is 9.62 Å². The highest BCUT2D eigenvalue weighted by Gasteiger charge is 2.30. The summed E-state index contributed by atoms with van der Waals surface area (Å²) in [5, 5.41) is 3.17. The summed E-state index contributed by atoms with van der Waals surface area (Å²) in [6.45, 7) is 2.09. The van der Waals surface area contributed by atoms with Gasteiger partial charge in [0.1, 0.15) is 6.04 Å². The maximum atomic E-state index is 13.7. The van der Waals surface area contributed by atoms with Crippen LogP contribution >= 0.6 is 27.5 Å². The molecule has 1 atom stereocenters. The van der Waals surface area contributed by atoms with Gasteiger partial charge in [0.2, 0.25) is 21.8 Å². The van der Waals surface area contributed by atoms with Crippen molar-refractivity contribution in [2.75, 3.05) is 24.2 Å². The minimum Gasteiger partial charge on any atom is -0.357 e. The minimum atomic E-state index is -3.62. The molecule has 0 aromatic heterocycles. The highest BCUT2D eigenvalue weighted by molar-refractivity contribution is 9.10. The van der Waals surface area contributed by atoms with E-state index in [0.29, 0.717) is 22.7 Å². The fourth-order valence-electron chi connectivity index (χ4n) is 4.40. The zero-order valence-electron chi connectivity index (χ0n) is 22.2. The first-order valence-electron chi connectivity index (χ1n) is 12.5. The number of hydrogen-bond donors (Lipinski definition) is 1. The molecule has 0 saturated carbocycles. The standard InChI is InChI=1S/C29H33BrClN3O4S/c1-21-25(31)14-8-15-26(21)34(39(3,37)38)17-9-16-28(35)33(20-23-12-7-13-24(30)18-23)27(29(36)32-2)19-22-10-5-4-6-11-22/h4-8,10-15,18,27H,9,16-17,19-20H2,1-3H3,(H,32,36). The van der Waals surface area contributed by atoms with Crippen LogP contribution in [0.25, 0.3) is 0 Å². The van der Waals surface area contributed by atoms with Gasteiger partial charge < -0.3 is 10.2 Å². The van der Waals surface area contributed by atoms with Gasteiger partial charge >= 0.3 is 0 Å². The van der Waals surface area contributed by atoms with Gasteiger partial charge in [0.05, 0.1) is 11.9 Å². The maximum absolute atomic E-state index is 13.7. The Morgan fingerprint density at radius 2 is 1.67 bits per heavy atom. The van der Waals surface area contributed by atoms with Crippen molar-refractivity contribution >= 4 is 55.1 Å².